The Hall–Kier alpha value is -2.38. The van der Waals surface area contributed by atoms with E-state index in [0.29, 0.717) is 6.54 Å². The molecule has 0 aromatic heterocycles. The number of benzene rings is 2. The van der Waals surface area contributed by atoms with E-state index in [2.05, 4.69) is 5.32 Å². The van der Waals surface area contributed by atoms with Crippen LogP contribution < -0.4 is 5.32 Å². The second-order valence-corrected chi connectivity index (χ2v) is 7.51. The number of amides is 2. The molecular weight excluding hydrogens is 377 g/mol. The predicted molar refractivity (Wildman–Crippen MR) is 112 cm³/mol. The molecule has 2 aromatic carbocycles. The van der Waals surface area contributed by atoms with Crippen LogP contribution in [0.25, 0.3) is 0 Å². The average Bonchev–Trinajstić information content (AvgIpc) is 2.67. The van der Waals surface area contributed by atoms with Gasteiger partial charge in [-0.1, -0.05) is 24.3 Å². The van der Waals surface area contributed by atoms with Gasteiger partial charge in [-0.2, -0.15) is 0 Å². The standard InChI is InChI=1S/C21H26FN3O2S/c1-15(21(27)25(3)13-16-8-7-9-17(22)12-16)24(2)14-20(26)23-18-10-5-6-11-19(18)28-4/h5-12,15H,13-14H2,1-4H3,(H,23,26)/t15-/m1/s1. The fourth-order valence-corrected chi connectivity index (χ4v) is 3.35. The zero-order valence-corrected chi connectivity index (χ0v) is 17.4. The van der Waals surface area contributed by atoms with Gasteiger partial charge in [0, 0.05) is 18.5 Å². The van der Waals surface area contributed by atoms with Crippen LogP contribution in [0.4, 0.5) is 10.1 Å². The zero-order chi connectivity index (χ0) is 20.7. The Morgan fingerprint density at radius 1 is 1.14 bits per heavy atom. The number of hydrogen-bond donors (Lipinski definition) is 1. The van der Waals surface area contributed by atoms with Crippen molar-refractivity contribution in [2.24, 2.45) is 0 Å². The number of nitrogens with zero attached hydrogens (tertiary/aromatic N) is 2. The predicted octanol–water partition coefficient (Wildman–Crippen LogP) is 3.47. The van der Waals surface area contributed by atoms with Crippen LogP contribution in [-0.2, 0) is 16.1 Å². The van der Waals surface area contributed by atoms with E-state index in [9.17, 15) is 14.0 Å². The topological polar surface area (TPSA) is 52.7 Å². The lowest BCUT2D eigenvalue weighted by Gasteiger charge is -2.28. The summed E-state index contributed by atoms with van der Waals surface area (Å²) in [5.74, 6) is -0.647. The number of hydrogen-bond acceptors (Lipinski definition) is 4. The molecule has 0 aliphatic rings. The van der Waals surface area contributed by atoms with Crippen molar-refractivity contribution in [1.82, 2.24) is 9.80 Å². The van der Waals surface area contributed by atoms with Crippen LogP contribution in [0.15, 0.2) is 53.4 Å². The van der Waals surface area contributed by atoms with Crippen LogP contribution in [0.5, 0.6) is 0 Å². The van der Waals surface area contributed by atoms with Crippen molar-refractivity contribution in [1.29, 1.82) is 0 Å². The van der Waals surface area contributed by atoms with Gasteiger partial charge in [-0.25, -0.2) is 4.39 Å². The van der Waals surface area contributed by atoms with Gasteiger partial charge in [0.05, 0.1) is 18.3 Å². The normalized spacial score (nSPS) is 11.9. The van der Waals surface area contributed by atoms with E-state index in [1.165, 1.54) is 17.0 Å². The molecule has 0 bridgehead atoms. The Morgan fingerprint density at radius 2 is 1.86 bits per heavy atom. The highest BCUT2D eigenvalue weighted by Gasteiger charge is 2.23. The molecule has 0 aliphatic carbocycles. The maximum Gasteiger partial charge on any atom is 0.239 e. The third-order valence-corrected chi connectivity index (χ3v) is 5.27. The molecule has 0 aliphatic heterocycles. The maximum absolute atomic E-state index is 13.3. The molecule has 0 radical (unpaired) electrons. The summed E-state index contributed by atoms with van der Waals surface area (Å²) in [6.45, 7) is 2.15. The first-order valence-electron chi connectivity index (χ1n) is 8.94. The average molecular weight is 404 g/mol. The van der Waals surface area contributed by atoms with Crippen molar-refractivity contribution in [3.8, 4) is 0 Å². The Bertz CT molecular complexity index is 831. The van der Waals surface area contributed by atoms with Crippen LogP contribution >= 0.6 is 11.8 Å². The van der Waals surface area contributed by atoms with Crippen molar-refractivity contribution < 1.29 is 14.0 Å². The van der Waals surface area contributed by atoms with E-state index in [4.69, 9.17) is 0 Å². The van der Waals surface area contributed by atoms with E-state index < -0.39 is 6.04 Å². The summed E-state index contributed by atoms with van der Waals surface area (Å²) in [4.78, 5) is 29.3. The summed E-state index contributed by atoms with van der Waals surface area (Å²) in [5, 5.41) is 2.89. The van der Waals surface area contributed by atoms with Crippen molar-refractivity contribution in [2.75, 3.05) is 32.2 Å². The number of rotatable bonds is 8. The van der Waals surface area contributed by atoms with Crippen LogP contribution in [0.3, 0.4) is 0 Å². The summed E-state index contributed by atoms with van der Waals surface area (Å²) in [6.07, 6.45) is 1.95. The fraction of sp³-hybridized carbons (Fsp3) is 0.333. The Morgan fingerprint density at radius 3 is 2.54 bits per heavy atom. The van der Waals surface area contributed by atoms with Crippen LogP contribution in [-0.4, -0.2) is 54.6 Å². The Labute approximate surface area is 169 Å². The summed E-state index contributed by atoms with van der Waals surface area (Å²) >= 11 is 1.56. The van der Waals surface area contributed by atoms with Crippen molar-refractivity contribution in [2.45, 2.75) is 24.4 Å². The summed E-state index contributed by atoms with van der Waals surface area (Å²) < 4.78 is 13.3. The minimum absolute atomic E-state index is 0.0867. The Kier molecular flexibility index (Phi) is 8.02. The van der Waals surface area contributed by atoms with Gasteiger partial charge in [0.2, 0.25) is 11.8 Å². The number of carbonyl (C=O) groups is 2. The van der Waals surface area contributed by atoms with E-state index in [1.807, 2.05) is 30.5 Å². The lowest BCUT2D eigenvalue weighted by atomic mass is 10.2. The summed E-state index contributed by atoms with van der Waals surface area (Å²) in [7, 11) is 3.41. The second-order valence-electron chi connectivity index (χ2n) is 6.66. The number of likely N-dealkylation sites (N-methyl/N-ethyl adjacent to an activating group) is 2. The van der Waals surface area contributed by atoms with E-state index in [1.54, 1.807) is 49.8 Å². The molecule has 0 saturated carbocycles. The lowest BCUT2D eigenvalue weighted by Crippen LogP contribution is -2.46. The van der Waals surface area contributed by atoms with E-state index in [0.717, 1.165) is 16.1 Å². The van der Waals surface area contributed by atoms with Crippen LogP contribution in [0, 0.1) is 5.82 Å². The first kappa shape index (κ1) is 21.9. The molecule has 1 N–H and O–H groups in total. The molecule has 0 saturated heterocycles. The van der Waals surface area contributed by atoms with Gasteiger partial charge in [-0.3, -0.25) is 14.5 Å². The highest BCUT2D eigenvalue weighted by atomic mass is 32.2. The number of carbonyl (C=O) groups excluding carboxylic acids is 2. The van der Waals surface area contributed by atoms with Gasteiger partial charge in [0.15, 0.2) is 0 Å². The van der Waals surface area contributed by atoms with Crippen molar-refractivity contribution in [3.63, 3.8) is 0 Å². The number of nitrogens with one attached hydrogen (secondary N) is 1. The molecule has 5 nitrogen and oxygen atoms in total. The van der Waals surface area contributed by atoms with Gasteiger partial charge in [0.25, 0.3) is 0 Å². The third-order valence-electron chi connectivity index (χ3n) is 4.48. The van der Waals surface area contributed by atoms with Gasteiger partial charge in [-0.15, -0.1) is 11.8 Å². The molecule has 7 heteroatoms. The third kappa shape index (κ3) is 6.07. The van der Waals surface area contributed by atoms with Crippen molar-refractivity contribution >= 4 is 29.3 Å². The van der Waals surface area contributed by atoms with Gasteiger partial charge in [-0.05, 0) is 50.1 Å². The van der Waals surface area contributed by atoms with Crippen LogP contribution in [0.2, 0.25) is 0 Å². The number of thioether (sulfide) groups is 1. The number of anilines is 1. The molecule has 0 unspecified atom stereocenters. The molecule has 150 valence electrons. The van der Waals surface area contributed by atoms with Gasteiger partial charge < -0.3 is 10.2 Å². The molecule has 0 fully saturated rings. The van der Waals surface area contributed by atoms with Crippen molar-refractivity contribution in [3.05, 3.63) is 59.9 Å². The molecule has 2 amide bonds. The molecule has 28 heavy (non-hydrogen) atoms. The molecule has 1 atom stereocenters. The minimum Gasteiger partial charge on any atom is -0.340 e. The molecular formula is C21H26FN3O2S. The molecule has 2 aromatic rings. The molecule has 0 heterocycles. The molecule has 0 spiro atoms. The van der Waals surface area contributed by atoms with E-state index in [-0.39, 0.29) is 24.2 Å². The summed E-state index contributed by atoms with van der Waals surface area (Å²) in [5.41, 5.74) is 1.48. The molecule has 2 rings (SSSR count). The minimum atomic E-state index is -0.486. The fourth-order valence-electron chi connectivity index (χ4n) is 2.80. The van der Waals surface area contributed by atoms with Crippen LogP contribution in [0.1, 0.15) is 12.5 Å². The monoisotopic (exact) mass is 403 g/mol. The quantitative estimate of drug-likeness (QED) is 0.686. The summed E-state index contributed by atoms with van der Waals surface area (Å²) in [6, 6.07) is 13.3. The highest BCUT2D eigenvalue weighted by molar-refractivity contribution is 7.98. The van der Waals surface area contributed by atoms with Gasteiger partial charge >= 0.3 is 0 Å². The maximum atomic E-state index is 13.3. The largest absolute Gasteiger partial charge is 0.340 e. The SMILES string of the molecule is CSc1ccccc1NC(=O)CN(C)[C@H](C)C(=O)N(C)Cc1cccc(F)c1. The smallest absolute Gasteiger partial charge is 0.239 e. The van der Waals surface area contributed by atoms with E-state index >= 15 is 0 Å². The number of halogens is 1. The second kappa shape index (κ2) is 10.2. The first-order chi connectivity index (χ1) is 13.3. The number of para-hydroxylation sites is 1. The first-order valence-corrected chi connectivity index (χ1v) is 10.2. The zero-order valence-electron chi connectivity index (χ0n) is 16.6. The highest BCUT2D eigenvalue weighted by Crippen LogP contribution is 2.24. The van der Waals surface area contributed by atoms with Gasteiger partial charge in [0.1, 0.15) is 5.82 Å². The Balaban J connectivity index is 1.92. The lowest BCUT2D eigenvalue weighted by molar-refractivity contribution is -0.135.